The molecule has 4 heteroatoms. The minimum Gasteiger partial charge on any atom is -0.496 e. The average molecular weight is 374 g/mol. The predicted octanol–water partition coefficient (Wildman–Crippen LogP) is 4.52. The summed E-state index contributed by atoms with van der Waals surface area (Å²) in [6, 6.07) is 12.2. The number of ether oxygens (including phenoxy) is 1. The molecule has 0 saturated carbocycles. The predicted molar refractivity (Wildman–Crippen MR) is 96.1 cm³/mol. The molecule has 3 rings (SSSR count). The van der Waals surface area contributed by atoms with Gasteiger partial charge in [0.15, 0.2) is 0 Å². The Morgan fingerprint density at radius 1 is 1.17 bits per heavy atom. The Balaban J connectivity index is 1.56. The van der Waals surface area contributed by atoms with Crippen molar-refractivity contribution in [3.63, 3.8) is 0 Å². The Morgan fingerprint density at radius 2 is 2.00 bits per heavy atom. The van der Waals surface area contributed by atoms with Gasteiger partial charge in [-0.1, -0.05) is 12.1 Å². The monoisotopic (exact) mass is 373 g/mol. The third-order valence-corrected chi connectivity index (χ3v) is 4.86. The van der Waals surface area contributed by atoms with Gasteiger partial charge in [-0.15, -0.1) is 0 Å². The first kappa shape index (κ1) is 16.1. The molecule has 0 saturated heterocycles. The summed E-state index contributed by atoms with van der Waals surface area (Å²) in [5.74, 6) is 0.853. The van der Waals surface area contributed by atoms with Crippen molar-refractivity contribution in [2.45, 2.75) is 32.1 Å². The van der Waals surface area contributed by atoms with Gasteiger partial charge >= 0.3 is 0 Å². The largest absolute Gasteiger partial charge is 0.496 e. The van der Waals surface area contributed by atoms with Gasteiger partial charge in [0.2, 0.25) is 5.91 Å². The molecule has 0 aliphatic heterocycles. The average Bonchev–Trinajstić information content (AvgIpc) is 3.01. The quantitative estimate of drug-likeness (QED) is 0.836. The standard InChI is InChI=1S/C19H20BrNO2/c1-23-18-9-5-13(11-17(18)20)6-10-19(22)21-16-8-7-14-3-2-4-15(14)12-16/h5,7-9,11-12H,2-4,6,10H2,1H3,(H,21,22). The zero-order valence-corrected chi connectivity index (χ0v) is 14.8. The number of nitrogens with one attached hydrogen (secondary N) is 1. The first-order valence-corrected chi connectivity index (χ1v) is 8.69. The van der Waals surface area contributed by atoms with Crippen molar-refractivity contribution in [1.82, 2.24) is 0 Å². The van der Waals surface area contributed by atoms with Crippen LogP contribution in [0.15, 0.2) is 40.9 Å². The number of benzene rings is 2. The number of halogens is 1. The lowest BCUT2D eigenvalue weighted by atomic mass is 10.1. The Morgan fingerprint density at radius 3 is 2.78 bits per heavy atom. The lowest BCUT2D eigenvalue weighted by molar-refractivity contribution is -0.116. The summed E-state index contributed by atoms with van der Waals surface area (Å²) in [5, 5.41) is 3.00. The van der Waals surface area contributed by atoms with Crippen LogP contribution in [0.25, 0.3) is 0 Å². The van der Waals surface area contributed by atoms with E-state index in [9.17, 15) is 4.79 Å². The molecule has 2 aromatic carbocycles. The number of hydrogen-bond donors (Lipinski definition) is 1. The minimum atomic E-state index is 0.0508. The van der Waals surface area contributed by atoms with Crippen LogP contribution in [0.5, 0.6) is 5.75 Å². The van der Waals surface area contributed by atoms with Crippen LogP contribution in [0.4, 0.5) is 5.69 Å². The van der Waals surface area contributed by atoms with E-state index < -0.39 is 0 Å². The topological polar surface area (TPSA) is 38.3 Å². The number of amides is 1. The molecule has 120 valence electrons. The van der Waals surface area contributed by atoms with Gasteiger partial charge in [0.25, 0.3) is 0 Å². The molecule has 0 atom stereocenters. The summed E-state index contributed by atoms with van der Waals surface area (Å²) in [5.41, 5.74) is 4.82. The number of rotatable bonds is 5. The SMILES string of the molecule is COc1ccc(CCC(=O)Nc2ccc3c(c2)CCC3)cc1Br. The smallest absolute Gasteiger partial charge is 0.224 e. The van der Waals surface area contributed by atoms with E-state index in [1.807, 2.05) is 24.3 Å². The number of methoxy groups -OCH3 is 1. The van der Waals surface area contributed by atoms with Crippen LogP contribution in [-0.4, -0.2) is 13.0 Å². The fourth-order valence-electron chi connectivity index (χ4n) is 3.00. The summed E-state index contributed by atoms with van der Waals surface area (Å²) in [6.45, 7) is 0. The van der Waals surface area contributed by atoms with E-state index in [-0.39, 0.29) is 5.91 Å². The highest BCUT2D eigenvalue weighted by Crippen LogP contribution is 2.27. The van der Waals surface area contributed by atoms with Gasteiger partial charge in [-0.2, -0.15) is 0 Å². The summed E-state index contributed by atoms with van der Waals surface area (Å²) < 4.78 is 6.13. The molecule has 1 aliphatic rings. The van der Waals surface area contributed by atoms with E-state index in [2.05, 4.69) is 33.4 Å². The molecule has 2 aromatic rings. The van der Waals surface area contributed by atoms with E-state index in [4.69, 9.17) is 4.74 Å². The maximum Gasteiger partial charge on any atom is 0.224 e. The van der Waals surface area contributed by atoms with Gasteiger partial charge in [-0.05, 0) is 82.6 Å². The third kappa shape index (κ3) is 3.94. The molecule has 0 heterocycles. The third-order valence-electron chi connectivity index (χ3n) is 4.24. The van der Waals surface area contributed by atoms with Crippen LogP contribution < -0.4 is 10.1 Å². The molecule has 0 unspecified atom stereocenters. The number of anilines is 1. The van der Waals surface area contributed by atoms with E-state index >= 15 is 0 Å². The molecule has 0 radical (unpaired) electrons. The van der Waals surface area contributed by atoms with Gasteiger partial charge in [-0.3, -0.25) is 4.79 Å². The van der Waals surface area contributed by atoms with E-state index in [1.54, 1.807) is 7.11 Å². The van der Waals surface area contributed by atoms with Crippen LogP contribution in [-0.2, 0) is 24.1 Å². The molecule has 0 fully saturated rings. The maximum atomic E-state index is 12.1. The second-order valence-corrected chi connectivity index (χ2v) is 6.71. The van der Waals surface area contributed by atoms with Crippen molar-refractivity contribution in [1.29, 1.82) is 0 Å². The van der Waals surface area contributed by atoms with Crippen LogP contribution in [0, 0.1) is 0 Å². The molecule has 1 aliphatic carbocycles. The van der Waals surface area contributed by atoms with Crippen LogP contribution in [0.1, 0.15) is 29.5 Å². The number of aryl methyl sites for hydroxylation is 3. The maximum absolute atomic E-state index is 12.1. The van der Waals surface area contributed by atoms with Crippen LogP contribution >= 0.6 is 15.9 Å². The molecule has 1 N–H and O–H groups in total. The molecular formula is C19H20BrNO2. The van der Waals surface area contributed by atoms with Crippen LogP contribution in [0.3, 0.4) is 0 Å². The summed E-state index contributed by atoms with van der Waals surface area (Å²) in [6.07, 6.45) is 4.68. The van der Waals surface area contributed by atoms with Crippen molar-refractivity contribution in [3.05, 3.63) is 57.6 Å². The molecule has 0 spiro atoms. The Kier molecular flexibility index (Phi) is 5.01. The first-order chi connectivity index (χ1) is 11.2. The van der Waals surface area contributed by atoms with Gasteiger partial charge in [0.05, 0.1) is 11.6 Å². The Bertz CT molecular complexity index is 727. The highest BCUT2D eigenvalue weighted by Gasteiger charge is 2.12. The number of carbonyl (C=O) groups is 1. The summed E-state index contributed by atoms with van der Waals surface area (Å²) in [7, 11) is 1.64. The van der Waals surface area contributed by atoms with Crippen molar-refractivity contribution in [2.24, 2.45) is 0 Å². The molecule has 0 bridgehead atoms. The number of fused-ring (bicyclic) bond motifs is 1. The number of hydrogen-bond acceptors (Lipinski definition) is 2. The van der Waals surface area contributed by atoms with Crippen molar-refractivity contribution in [2.75, 3.05) is 12.4 Å². The van der Waals surface area contributed by atoms with Crippen molar-refractivity contribution < 1.29 is 9.53 Å². The van der Waals surface area contributed by atoms with E-state index in [1.165, 1.54) is 17.5 Å². The second-order valence-electron chi connectivity index (χ2n) is 5.85. The zero-order chi connectivity index (χ0) is 16.2. The van der Waals surface area contributed by atoms with E-state index in [0.29, 0.717) is 12.8 Å². The Hall–Kier alpha value is -1.81. The number of carbonyl (C=O) groups excluding carboxylic acids is 1. The zero-order valence-electron chi connectivity index (χ0n) is 13.2. The van der Waals surface area contributed by atoms with Crippen molar-refractivity contribution >= 4 is 27.5 Å². The highest BCUT2D eigenvalue weighted by atomic mass is 79.9. The molecule has 1 amide bonds. The summed E-state index contributed by atoms with van der Waals surface area (Å²) >= 11 is 3.47. The van der Waals surface area contributed by atoms with Gasteiger partial charge in [0, 0.05) is 12.1 Å². The lowest BCUT2D eigenvalue weighted by Gasteiger charge is -2.09. The molecule has 0 aromatic heterocycles. The fourth-order valence-corrected chi connectivity index (χ4v) is 3.58. The fraction of sp³-hybridized carbons (Fsp3) is 0.316. The first-order valence-electron chi connectivity index (χ1n) is 7.90. The molecule has 3 nitrogen and oxygen atoms in total. The normalized spacial score (nSPS) is 12.8. The molecular weight excluding hydrogens is 354 g/mol. The minimum absolute atomic E-state index is 0.0508. The Labute approximate surface area is 145 Å². The second kappa shape index (κ2) is 7.18. The highest BCUT2D eigenvalue weighted by molar-refractivity contribution is 9.10. The van der Waals surface area contributed by atoms with Gasteiger partial charge in [-0.25, -0.2) is 0 Å². The van der Waals surface area contributed by atoms with Gasteiger partial charge < -0.3 is 10.1 Å². The van der Waals surface area contributed by atoms with Crippen LogP contribution in [0.2, 0.25) is 0 Å². The molecule has 23 heavy (non-hydrogen) atoms. The lowest BCUT2D eigenvalue weighted by Crippen LogP contribution is -2.12. The summed E-state index contributed by atoms with van der Waals surface area (Å²) in [4.78, 5) is 12.1. The van der Waals surface area contributed by atoms with Gasteiger partial charge in [0.1, 0.15) is 5.75 Å². The van der Waals surface area contributed by atoms with Crippen molar-refractivity contribution in [3.8, 4) is 5.75 Å². The van der Waals surface area contributed by atoms with E-state index in [0.717, 1.165) is 34.3 Å².